The number of nitrogens with zero attached hydrogens (tertiary/aromatic N) is 1. The highest BCUT2D eigenvalue weighted by molar-refractivity contribution is 5.92. The van der Waals surface area contributed by atoms with E-state index in [1.54, 1.807) is 29.2 Å². The molecule has 132 valence electrons. The number of phenols is 1. The van der Waals surface area contributed by atoms with Crippen LogP contribution in [0.15, 0.2) is 24.3 Å². The molecule has 0 atom stereocenters. The summed E-state index contributed by atoms with van der Waals surface area (Å²) in [6.45, 7) is 4.26. The van der Waals surface area contributed by atoms with Crippen LogP contribution in [0, 0.1) is 5.92 Å². The van der Waals surface area contributed by atoms with Crippen LogP contribution in [-0.2, 0) is 4.79 Å². The molecule has 2 N–H and O–H groups in total. The summed E-state index contributed by atoms with van der Waals surface area (Å²) in [5.41, 5.74) is 0.594. The number of carbonyl (C=O) groups is 1. The molecule has 0 bridgehead atoms. The van der Waals surface area contributed by atoms with Crippen molar-refractivity contribution in [2.45, 2.75) is 32.6 Å². The Kier molecular flexibility index (Phi) is 7.12. The number of rotatable bonds is 7. The van der Waals surface area contributed by atoms with Crippen molar-refractivity contribution in [3.05, 3.63) is 29.8 Å². The van der Waals surface area contributed by atoms with Gasteiger partial charge in [-0.25, -0.2) is 0 Å². The molecule has 2 rings (SSSR count). The van der Waals surface area contributed by atoms with Crippen LogP contribution >= 0.6 is 0 Å². The summed E-state index contributed by atoms with van der Waals surface area (Å²) in [6, 6.07) is 5.12. The number of hydrogen-bond donors (Lipinski definition) is 2. The minimum atomic E-state index is -0.0611. The van der Waals surface area contributed by atoms with E-state index in [1.807, 2.05) is 0 Å². The third-order valence-electron chi connectivity index (χ3n) is 4.36. The maximum atomic E-state index is 12.2. The molecule has 1 saturated heterocycles. The predicted molar refractivity (Wildman–Crippen MR) is 93.9 cm³/mol. The Morgan fingerprint density at radius 3 is 2.75 bits per heavy atom. The molecule has 0 aliphatic carbocycles. The Labute approximate surface area is 143 Å². The van der Waals surface area contributed by atoms with Crippen molar-refractivity contribution in [3.8, 4) is 11.5 Å². The van der Waals surface area contributed by atoms with Gasteiger partial charge in [-0.2, -0.15) is 0 Å². The van der Waals surface area contributed by atoms with Gasteiger partial charge >= 0.3 is 0 Å². The summed E-state index contributed by atoms with van der Waals surface area (Å²) in [6.07, 6.45) is 6.84. The first-order valence-electron chi connectivity index (χ1n) is 8.67. The molecule has 5 heteroatoms. The van der Waals surface area contributed by atoms with E-state index in [-0.39, 0.29) is 18.3 Å². The van der Waals surface area contributed by atoms with Crippen LogP contribution in [0.1, 0.15) is 38.2 Å². The number of aliphatic hydroxyl groups excluding tert-OH is 1. The number of piperidine rings is 1. The number of aromatic hydroxyl groups is 1. The summed E-state index contributed by atoms with van der Waals surface area (Å²) in [7, 11) is 0. The highest BCUT2D eigenvalue weighted by Gasteiger charge is 2.20. The topological polar surface area (TPSA) is 70.0 Å². The fraction of sp³-hybridized carbons (Fsp3) is 0.526. The average Bonchev–Trinajstić information content (AvgIpc) is 2.61. The summed E-state index contributed by atoms with van der Waals surface area (Å²) >= 11 is 0. The first kappa shape index (κ1) is 18.3. The normalized spacial score (nSPS) is 15.8. The molecule has 1 fully saturated rings. The molecule has 24 heavy (non-hydrogen) atoms. The molecule has 1 aromatic rings. The number of benzene rings is 1. The van der Waals surface area contributed by atoms with Gasteiger partial charge in [-0.3, -0.25) is 4.79 Å². The fourth-order valence-corrected chi connectivity index (χ4v) is 2.69. The summed E-state index contributed by atoms with van der Waals surface area (Å²) in [4.78, 5) is 14.0. The summed E-state index contributed by atoms with van der Waals surface area (Å²) < 4.78 is 5.54. The van der Waals surface area contributed by atoms with E-state index in [9.17, 15) is 9.90 Å². The molecular formula is C19H27NO4. The average molecular weight is 333 g/mol. The summed E-state index contributed by atoms with van der Waals surface area (Å²) in [5, 5.41) is 19.2. The van der Waals surface area contributed by atoms with Gasteiger partial charge in [-0.05, 0) is 43.4 Å². The molecule has 0 aromatic heterocycles. The van der Waals surface area contributed by atoms with Crippen molar-refractivity contribution in [2.75, 3.05) is 26.3 Å². The minimum Gasteiger partial charge on any atom is -0.507 e. The highest BCUT2D eigenvalue weighted by Crippen LogP contribution is 2.25. The maximum Gasteiger partial charge on any atom is 0.246 e. The molecule has 0 saturated carbocycles. The Bertz CT molecular complexity index is 562. The molecule has 1 aliphatic heterocycles. The lowest BCUT2D eigenvalue weighted by Crippen LogP contribution is -2.38. The first-order valence-corrected chi connectivity index (χ1v) is 8.67. The van der Waals surface area contributed by atoms with Crippen molar-refractivity contribution in [1.29, 1.82) is 0 Å². The van der Waals surface area contributed by atoms with Gasteiger partial charge in [0, 0.05) is 37.4 Å². The number of phenolic OH excluding ortho intramolecular Hbond substituents is 1. The molecule has 0 spiro atoms. The molecule has 0 radical (unpaired) electrons. The zero-order valence-electron chi connectivity index (χ0n) is 14.3. The first-order chi connectivity index (χ1) is 11.6. The number of carbonyl (C=O) groups excluding carboxylic acids is 1. The van der Waals surface area contributed by atoms with Crippen LogP contribution in [0.3, 0.4) is 0 Å². The largest absolute Gasteiger partial charge is 0.507 e. The van der Waals surface area contributed by atoms with E-state index in [4.69, 9.17) is 9.84 Å². The molecule has 0 unspecified atom stereocenters. The van der Waals surface area contributed by atoms with Crippen LogP contribution in [0.2, 0.25) is 0 Å². The zero-order valence-corrected chi connectivity index (χ0v) is 14.3. The van der Waals surface area contributed by atoms with E-state index in [2.05, 4.69) is 6.92 Å². The number of ether oxygens (including phenoxy) is 1. The van der Waals surface area contributed by atoms with E-state index < -0.39 is 0 Å². The lowest BCUT2D eigenvalue weighted by molar-refractivity contribution is -0.127. The second-order valence-corrected chi connectivity index (χ2v) is 6.21. The van der Waals surface area contributed by atoms with Crippen molar-refractivity contribution >= 4 is 12.0 Å². The van der Waals surface area contributed by atoms with Crippen molar-refractivity contribution in [1.82, 2.24) is 4.90 Å². The SMILES string of the molecule is CCCCOc1ccc(/C=C/C(=O)N2CCC(CO)CC2)c(O)c1. The smallest absolute Gasteiger partial charge is 0.246 e. The van der Waals surface area contributed by atoms with E-state index in [1.165, 1.54) is 6.08 Å². The van der Waals surface area contributed by atoms with Gasteiger partial charge in [0.2, 0.25) is 5.91 Å². The second-order valence-electron chi connectivity index (χ2n) is 6.21. The van der Waals surface area contributed by atoms with Gasteiger partial charge in [0.15, 0.2) is 0 Å². The van der Waals surface area contributed by atoms with Crippen LogP contribution in [0.4, 0.5) is 0 Å². The molecule has 1 heterocycles. The molecule has 1 aliphatic rings. The van der Waals surface area contributed by atoms with Crippen LogP contribution < -0.4 is 4.74 Å². The third-order valence-corrected chi connectivity index (χ3v) is 4.36. The molecule has 1 amide bonds. The van der Waals surface area contributed by atoms with Crippen LogP contribution in [0.5, 0.6) is 11.5 Å². The Morgan fingerprint density at radius 1 is 1.38 bits per heavy atom. The van der Waals surface area contributed by atoms with Crippen molar-refractivity contribution < 1.29 is 19.7 Å². The molecule has 5 nitrogen and oxygen atoms in total. The fourth-order valence-electron chi connectivity index (χ4n) is 2.69. The lowest BCUT2D eigenvalue weighted by atomic mass is 9.98. The second kappa shape index (κ2) is 9.33. The van der Waals surface area contributed by atoms with Crippen molar-refractivity contribution in [3.63, 3.8) is 0 Å². The Hall–Kier alpha value is -2.01. The number of likely N-dealkylation sites (tertiary alicyclic amines) is 1. The van der Waals surface area contributed by atoms with Crippen LogP contribution in [-0.4, -0.2) is 47.3 Å². The van der Waals surface area contributed by atoms with Gasteiger partial charge in [0.1, 0.15) is 11.5 Å². The minimum absolute atomic E-state index is 0.0611. The maximum absolute atomic E-state index is 12.2. The molecule has 1 aromatic carbocycles. The van der Waals surface area contributed by atoms with E-state index in [0.717, 1.165) is 25.7 Å². The number of amides is 1. The molecular weight excluding hydrogens is 306 g/mol. The highest BCUT2D eigenvalue weighted by atomic mass is 16.5. The quantitative estimate of drug-likeness (QED) is 0.595. The van der Waals surface area contributed by atoms with Gasteiger partial charge in [0.25, 0.3) is 0 Å². The van der Waals surface area contributed by atoms with Crippen molar-refractivity contribution in [2.24, 2.45) is 5.92 Å². The van der Waals surface area contributed by atoms with Crippen LogP contribution in [0.25, 0.3) is 6.08 Å². The van der Waals surface area contributed by atoms with E-state index in [0.29, 0.717) is 36.9 Å². The van der Waals surface area contributed by atoms with E-state index >= 15 is 0 Å². The van der Waals surface area contributed by atoms with Gasteiger partial charge in [0.05, 0.1) is 6.61 Å². The zero-order chi connectivity index (χ0) is 17.4. The third kappa shape index (κ3) is 5.27. The number of unbranched alkanes of at least 4 members (excludes halogenated alkanes) is 1. The Morgan fingerprint density at radius 2 is 2.12 bits per heavy atom. The van der Waals surface area contributed by atoms with Gasteiger partial charge in [-0.15, -0.1) is 0 Å². The number of aliphatic hydroxyl groups is 1. The summed E-state index contributed by atoms with van der Waals surface area (Å²) in [5.74, 6) is 0.985. The standard InChI is InChI=1S/C19H27NO4/c1-2-3-12-24-17-6-4-16(18(22)13-17)5-7-19(23)20-10-8-15(14-21)9-11-20/h4-7,13,15,21-22H,2-3,8-12,14H2,1H3/b7-5+. The predicted octanol–water partition coefficient (Wildman–Crippen LogP) is 2.82. The lowest BCUT2D eigenvalue weighted by Gasteiger charge is -2.30. The Balaban J connectivity index is 1.90. The number of hydrogen-bond acceptors (Lipinski definition) is 4. The van der Waals surface area contributed by atoms with Gasteiger partial charge in [-0.1, -0.05) is 13.3 Å². The monoisotopic (exact) mass is 333 g/mol. The van der Waals surface area contributed by atoms with Gasteiger partial charge < -0.3 is 19.8 Å².